The van der Waals surface area contributed by atoms with E-state index in [1.54, 1.807) is 0 Å². The molecule has 0 aliphatic carbocycles. The summed E-state index contributed by atoms with van der Waals surface area (Å²) in [6.07, 6.45) is 48.4. The molecule has 2 unspecified atom stereocenters. The zero-order chi connectivity index (χ0) is 32.9. The minimum absolute atomic E-state index is 0.229. The van der Waals surface area contributed by atoms with E-state index in [1.165, 1.54) is 193 Å². The van der Waals surface area contributed by atoms with Crippen molar-refractivity contribution in [2.75, 3.05) is 26.2 Å². The highest BCUT2D eigenvalue weighted by atomic mass is 15.1. The molecule has 3 nitrogen and oxygen atoms in total. The van der Waals surface area contributed by atoms with E-state index in [2.05, 4.69) is 62.2 Å². The van der Waals surface area contributed by atoms with E-state index in [1.807, 2.05) is 0 Å². The van der Waals surface area contributed by atoms with E-state index < -0.39 is 0 Å². The molecule has 0 amide bonds. The zero-order valence-corrected chi connectivity index (χ0v) is 31.6. The predicted molar refractivity (Wildman–Crippen MR) is 206 cm³/mol. The van der Waals surface area contributed by atoms with E-state index in [0.717, 1.165) is 13.1 Å². The molecule has 0 aromatic rings. The third-order valence-electron chi connectivity index (χ3n) is 9.29. The maximum absolute atomic E-state index is 5.99. The summed E-state index contributed by atoms with van der Waals surface area (Å²) in [4.78, 5) is 2.74. The van der Waals surface area contributed by atoms with Crippen molar-refractivity contribution in [1.29, 1.82) is 0 Å². The zero-order valence-electron chi connectivity index (χ0n) is 31.6. The molecule has 0 bridgehead atoms. The molecule has 0 heterocycles. The molecule has 3 heteroatoms. The van der Waals surface area contributed by atoms with Crippen LogP contribution in [-0.4, -0.2) is 43.2 Å². The third kappa shape index (κ3) is 37.7. The fourth-order valence-electron chi connectivity index (χ4n) is 6.30. The van der Waals surface area contributed by atoms with Crippen molar-refractivity contribution in [2.45, 2.75) is 220 Å². The molecule has 0 saturated heterocycles. The number of nitrogens with two attached hydrogens (primary N) is 1. The van der Waals surface area contributed by atoms with Gasteiger partial charge in [-0.1, -0.05) is 154 Å². The molecule has 0 spiro atoms. The van der Waals surface area contributed by atoms with Crippen LogP contribution in [0.3, 0.4) is 0 Å². The van der Waals surface area contributed by atoms with Gasteiger partial charge in [0.1, 0.15) is 0 Å². The summed E-state index contributed by atoms with van der Waals surface area (Å²) in [5.74, 6) is 0. The second kappa shape index (κ2) is 37.8. The average Bonchev–Trinajstić information content (AvgIpc) is 3.03. The molecule has 2 atom stereocenters. The van der Waals surface area contributed by atoms with Crippen LogP contribution >= 0.6 is 0 Å². The van der Waals surface area contributed by atoms with Gasteiger partial charge in [0.15, 0.2) is 0 Å². The lowest BCUT2D eigenvalue weighted by Crippen LogP contribution is -2.43. The van der Waals surface area contributed by atoms with Gasteiger partial charge in [-0.25, -0.2) is 0 Å². The summed E-state index contributed by atoms with van der Waals surface area (Å²) in [6.45, 7) is 13.6. The van der Waals surface area contributed by atoms with Gasteiger partial charge in [0.05, 0.1) is 0 Å². The quantitative estimate of drug-likeness (QED) is 0.0529. The van der Waals surface area contributed by atoms with Crippen LogP contribution in [0.25, 0.3) is 0 Å². The van der Waals surface area contributed by atoms with Gasteiger partial charge in [0.25, 0.3) is 0 Å². The third-order valence-corrected chi connectivity index (χ3v) is 9.29. The van der Waals surface area contributed by atoms with Crippen molar-refractivity contribution in [1.82, 2.24) is 10.2 Å². The number of unbranched alkanes of at least 4 members (excludes halogenated alkanes) is 24. The fraction of sp³-hybridized carbons (Fsp3) is 0.905. The first-order valence-corrected chi connectivity index (χ1v) is 20.6. The Kier molecular flexibility index (Phi) is 37.3. The predicted octanol–water partition coefficient (Wildman–Crippen LogP) is 12.7. The van der Waals surface area contributed by atoms with Crippen molar-refractivity contribution in [3.05, 3.63) is 24.3 Å². The first-order chi connectivity index (χ1) is 22.1. The maximum atomic E-state index is 5.99. The van der Waals surface area contributed by atoms with Crippen molar-refractivity contribution in [2.24, 2.45) is 5.73 Å². The summed E-state index contributed by atoms with van der Waals surface area (Å²) in [7, 11) is 0. The number of nitrogens with zero attached hydrogens (tertiary/aromatic N) is 1. The molecular weight excluding hydrogens is 546 g/mol. The summed E-state index contributed by atoms with van der Waals surface area (Å²) in [5.41, 5.74) is 5.99. The Balaban J connectivity index is 3.89. The van der Waals surface area contributed by atoms with E-state index in [0.29, 0.717) is 6.04 Å². The number of hydrogen-bond donors (Lipinski definition) is 2. The van der Waals surface area contributed by atoms with Crippen molar-refractivity contribution in [3.63, 3.8) is 0 Å². The highest BCUT2D eigenvalue weighted by molar-refractivity contribution is 4.82. The van der Waals surface area contributed by atoms with Gasteiger partial charge < -0.3 is 16.0 Å². The molecule has 0 aliphatic heterocycles. The topological polar surface area (TPSA) is 41.3 Å². The maximum Gasteiger partial charge on any atom is 0.0167 e. The van der Waals surface area contributed by atoms with Crippen LogP contribution < -0.4 is 11.1 Å². The fourth-order valence-corrected chi connectivity index (χ4v) is 6.30. The molecular formula is C42H85N3. The smallest absolute Gasteiger partial charge is 0.0167 e. The second-order valence-corrected chi connectivity index (χ2v) is 14.5. The minimum atomic E-state index is 0.229. The first kappa shape index (κ1) is 44.4. The number of rotatable bonds is 37. The van der Waals surface area contributed by atoms with E-state index in [9.17, 15) is 0 Å². The monoisotopic (exact) mass is 632 g/mol. The molecule has 0 aromatic carbocycles. The van der Waals surface area contributed by atoms with Crippen molar-refractivity contribution in [3.8, 4) is 0 Å². The summed E-state index contributed by atoms with van der Waals surface area (Å²) < 4.78 is 0. The van der Waals surface area contributed by atoms with Gasteiger partial charge in [0, 0.05) is 25.2 Å². The van der Waals surface area contributed by atoms with Crippen molar-refractivity contribution >= 4 is 0 Å². The summed E-state index contributed by atoms with van der Waals surface area (Å²) >= 11 is 0. The number of allylic oxidation sites excluding steroid dienone is 4. The largest absolute Gasteiger partial charge is 0.327 e. The SMILES string of the molecule is CCCCCCCCC=CCCCCCCCCN(CCCCCCCCC=CCCCCCCCC)CC(C)NCC(C)N. The van der Waals surface area contributed by atoms with Crippen LogP contribution in [0.4, 0.5) is 0 Å². The van der Waals surface area contributed by atoms with Crippen LogP contribution in [0.1, 0.15) is 207 Å². The van der Waals surface area contributed by atoms with E-state index in [4.69, 9.17) is 5.73 Å². The molecule has 0 saturated carbocycles. The van der Waals surface area contributed by atoms with Crippen LogP contribution in [0, 0.1) is 0 Å². The lowest BCUT2D eigenvalue weighted by molar-refractivity contribution is 0.235. The van der Waals surface area contributed by atoms with Crippen LogP contribution in [-0.2, 0) is 0 Å². The molecule has 0 aromatic heterocycles. The molecule has 0 rings (SSSR count). The Hall–Kier alpha value is -0.640. The van der Waals surface area contributed by atoms with Gasteiger partial charge >= 0.3 is 0 Å². The Labute approximate surface area is 285 Å². The first-order valence-electron chi connectivity index (χ1n) is 20.6. The lowest BCUT2D eigenvalue weighted by Gasteiger charge is -2.27. The molecule has 268 valence electrons. The number of hydrogen-bond acceptors (Lipinski definition) is 3. The van der Waals surface area contributed by atoms with Crippen LogP contribution in [0.15, 0.2) is 24.3 Å². The van der Waals surface area contributed by atoms with Crippen molar-refractivity contribution < 1.29 is 0 Å². The molecule has 0 fully saturated rings. The van der Waals surface area contributed by atoms with Gasteiger partial charge in [-0.3, -0.25) is 0 Å². The van der Waals surface area contributed by atoms with Gasteiger partial charge in [-0.05, 0) is 91.1 Å². The molecule has 3 N–H and O–H groups in total. The summed E-state index contributed by atoms with van der Waals surface area (Å²) in [6, 6.07) is 0.742. The lowest BCUT2D eigenvalue weighted by atomic mass is 10.1. The van der Waals surface area contributed by atoms with Crippen LogP contribution in [0.2, 0.25) is 0 Å². The Morgan fingerprint density at radius 3 is 1.11 bits per heavy atom. The average molecular weight is 632 g/mol. The normalized spacial score (nSPS) is 13.6. The Morgan fingerprint density at radius 1 is 0.467 bits per heavy atom. The van der Waals surface area contributed by atoms with E-state index in [-0.39, 0.29) is 6.04 Å². The van der Waals surface area contributed by atoms with Gasteiger partial charge in [0.2, 0.25) is 0 Å². The second-order valence-electron chi connectivity index (χ2n) is 14.5. The molecule has 0 radical (unpaired) electrons. The standard InChI is InChI=1S/C42H85N3/c1-5-7-9-11-13-15-17-19-21-23-25-27-29-31-33-35-37-45(40-42(4)44-39-41(3)43)38-36-34-32-30-28-26-24-22-20-18-16-14-12-10-8-6-2/h19-22,41-42,44H,5-18,23-40,43H2,1-4H3. The van der Waals surface area contributed by atoms with Gasteiger partial charge in [-0.15, -0.1) is 0 Å². The number of nitrogens with one attached hydrogen (secondary N) is 1. The summed E-state index contributed by atoms with van der Waals surface area (Å²) in [5, 5.41) is 3.65. The minimum Gasteiger partial charge on any atom is -0.327 e. The van der Waals surface area contributed by atoms with Gasteiger partial charge in [-0.2, -0.15) is 0 Å². The highest BCUT2D eigenvalue weighted by Gasteiger charge is 2.10. The van der Waals surface area contributed by atoms with Crippen LogP contribution in [0.5, 0.6) is 0 Å². The highest BCUT2D eigenvalue weighted by Crippen LogP contribution is 2.13. The Bertz CT molecular complexity index is 557. The molecule has 45 heavy (non-hydrogen) atoms. The Morgan fingerprint density at radius 2 is 0.778 bits per heavy atom. The van der Waals surface area contributed by atoms with E-state index >= 15 is 0 Å². The molecule has 0 aliphatic rings.